The number of aryl methyl sites for hydroxylation is 1. The summed E-state index contributed by atoms with van der Waals surface area (Å²) in [6.45, 7) is 1.85. The molecule has 0 spiro atoms. The van der Waals surface area contributed by atoms with Crippen molar-refractivity contribution in [3.63, 3.8) is 0 Å². The molecule has 0 amide bonds. The van der Waals surface area contributed by atoms with Crippen LogP contribution in [-0.2, 0) is 0 Å². The summed E-state index contributed by atoms with van der Waals surface area (Å²) in [5.74, 6) is 0.695. The SMILES string of the molecule is Cc1cccc(SCCCO)c1[N+](=O)[O-]. The highest BCUT2D eigenvalue weighted by Gasteiger charge is 2.16. The maximum Gasteiger partial charge on any atom is 0.285 e. The molecule has 0 aromatic heterocycles. The zero-order valence-corrected chi connectivity index (χ0v) is 9.29. The van der Waals surface area contributed by atoms with E-state index in [0.29, 0.717) is 22.6 Å². The fourth-order valence-electron chi connectivity index (χ4n) is 1.23. The lowest BCUT2D eigenvalue weighted by molar-refractivity contribution is -0.388. The number of benzene rings is 1. The first kappa shape index (κ1) is 12.0. The molecule has 0 bridgehead atoms. The van der Waals surface area contributed by atoms with Crippen molar-refractivity contribution in [2.45, 2.75) is 18.2 Å². The third kappa shape index (κ3) is 3.21. The lowest BCUT2D eigenvalue weighted by atomic mass is 10.2. The summed E-state index contributed by atoms with van der Waals surface area (Å²) in [7, 11) is 0. The third-order valence-corrected chi connectivity index (χ3v) is 3.08. The zero-order valence-electron chi connectivity index (χ0n) is 8.47. The largest absolute Gasteiger partial charge is 0.396 e. The molecule has 0 atom stereocenters. The highest BCUT2D eigenvalue weighted by atomic mass is 32.2. The maximum atomic E-state index is 10.8. The lowest BCUT2D eigenvalue weighted by Gasteiger charge is -2.03. The Labute approximate surface area is 92.5 Å². The third-order valence-electron chi connectivity index (χ3n) is 1.94. The second-order valence-electron chi connectivity index (χ2n) is 3.10. The molecule has 0 heterocycles. The van der Waals surface area contributed by atoms with E-state index in [1.54, 1.807) is 19.1 Å². The van der Waals surface area contributed by atoms with E-state index in [2.05, 4.69) is 0 Å². The molecule has 1 aromatic carbocycles. The van der Waals surface area contributed by atoms with Crippen molar-refractivity contribution in [3.8, 4) is 0 Å². The summed E-state index contributed by atoms with van der Waals surface area (Å²) in [6, 6.07) is 5.28. The van der Waals surface area contributed by atoms with Crippen molar-refractivity contribution in [2.75, 3.05) is 12.4 Å². The van der Waals surface area contributed by atoms with Crippen LogP contribution >= 0.6 is 11.8 Å². The number of hydrogen-bond acceptors (Lipinski definition) is 4. The minimum absolute atomic E-state index is 0.118. The van der Waals surface area contributed by atoms with Gasteiger partial charge in [0.05, 0.1) is 9.82 Å². The van der Waals surface area contributed by atoms with E-state index in [0.717, 1.165) is 0 Å². The van der Waals surface area contributed by atoms with Gasteiger partial charge in [0.25, 0.3) is 5.69 Å². The van der Waals surface area contributed by atoms with Gasteiger partial charge < -0.3 is 5.11 Å². The second-order valence-corrected chi connectivity index (χ2v) is 4.24. The van der Waals surface area contributed by atoms with Crippen LogP contribution in [0.25, 0.3) is 0 Å². The van der Waals surface area contributed by atoms with Gasteiger partial charge >= 0.3 is 0 Å². The highest BCUT2D eigenvalue weighted by Crippen LogP contribution is 2.31. The van der Waals surface area contributed by atoms with Crippen molar-refractivity contribution in [2.24, 2.45) is 0 Å². The van der Waals surface area contributed by atoms with Crippen LogP contribution in [0.4, 0.5) is 5.69 Å². The number of rotatable bonds is 5. The van der Waals surface area contributed by atoms with Crippen molar-refractivity contribution < 1.29 is 10.0 Å². The number of nitro benzene ring substituents is 1. The second kappa shape index (κ2) is 5.72. The summed E-state index contributed by atoms with van der Waals surface area (Å²) in [5.41, 5.74) is 0.856. The fraction of sp³-hybridized carbons (Fsp3) is 0.400. The molecule has 5 heteroatoms. The maximum absolute atomic E-state index is 10.8. The molecule has 0 aliphatic heterocycles. The number of aliphatic hydroxyl groups is 1. The zero-order chi connectivity index (χ0) is 11.3. The fourth-order valence-corrected chi connectivity index (χ4v) is 2.27. The van der Waals surface area contributed by atoms with Gasteiger partial charge in [-0.3, -0.25) is 10.1 Å². The van der Waals surface area contributed by atoms with Gasteiger partial charge in [-0.25, -0.2) is 0 Å². The summed E-state index contributed by atoms with van der Waals surface area (Å²) < 4.78 is 0. The van der Waals surface area contributed by atoms with Gasteiger partial charge in [0, 0.05) is 17.9 Å². The topological polar surface area (TPSA) is 63.4 Å². The number of hydrogen-bond donors (Lipinski definition) is 1. The van der Waals surface area contributed by atoms with Gasteiger partial charge in [-0.05, 0) is 19.4 Å². The van der Waals surface area contributed by atoms with E-state index in [-0.39, 0.29) is 17.2 Å². The molecule has 0 saturated carbocycles. The molecule has 1 N–H and O–H groups in total. The number of nitrogens with zero attached hydrogens (tertiary/aromatic N) is 1. The summed E-state index contributed by atoms with van der Waals surface area (Å²) in [5, 5.41) is 19.4. The van der Waals surface area contributed by atoms with Crippen LogP contribution in [0.5, 0.6) is 0 Å². The Morgan fingerprint density at radius 3 is 2.87 bits per heavy atom. The van der Waals surface area contributed by atoms with Crippen molar-refractivity contribution in [1.29, 1.82) is 0 Å². The molecular weight excluding hydrogens is 214 g/mol. The van der Waals surface area contributed by atoms with Gasteiger partial charge in [0.2, 0.25) is 0 Å². The smallest absolute Gasteiger partial charge is 0.285 e. The first-order valence-corrected chi connectivity index (χ1v) is 5.63. The Bertz CT molecular complexity index is 355. The molecule has 4 nitrogen and oxygen atoms in total. The molecule has 0 saturated heterocycles. The van der Waals surface area contributed by atoms with Gasteiger partial charge in [-0.15, -0.1) is 11.8 Å². The van der Waals surface area contributed by atoms with E-state index >= 15 is 0 Å². The van der Waals surface area contributed by atoms with Crippen LogP contribution in [0.1, 0.15) is 12.0 Å². The summed E-state index contributed by atoms with van der Waals surface area (Å²) >= 11 is 1.41. The van der Waals surface area contributed by atoms with Crippen LogP contribution in [0.2, 0.25) is 0 Å². The van der Waals surface area contributed by atoms with Gasteiger partial charge in [-0.2, -0.15) is 0 Å². The first-order chi connectivity index (χ1) is 7.16. The van der Waals surface area contributed by atoms with E-state index in [1.807, 2.05) is 6.07 Å². The van der Waals surface area contributed by atoms with Crippen LogP contribution in [-0.4, -0.2) is 22.4 Å². The van der Waals surface area contributed by atoms with Crippen LogP contribution in [0, 0.1) is 17.0 Å². The van der Waals surface area contributed by atoms with E-state index in [1.165, 1.54) is 11.8 Å². The minimum atomic E-state index is -0.351. The summed E-state index contributed by atoms with van der Waals surface area (Å²) in [4.78, 5) is 11.1. The molecule has 1 rings (SSSR count). The van der Waals surface area contributed by atoms with Gasteiger partial charge in [0.15, 0.2) is 0 Å². The Morgan fingerprint density at radius 1 is 1.53 bits per heavy atom. The standard InChI is InChI=1S/C10H13NO3S/c1-8-4-2-5-9(10(8)11(13)14)15-7-3-6-12/h2,4-5,12H,3,6-7H2,1H3. The minimum Gasteiger partial charge on any atom is -0.396 e. The molecule has 15 heavy (non-hydrogen) atoms. The van der Waals surface area contributed by atoms with Crippen LogP contribution in [0.3, 0.4) is 0 Å². The molecule has 82 valence electrons. The Kier molecular flexibility index (Phi) is 4.58. The van der Waals surface area contributed by atoms with Crippen molar-refractivity contribution in [1.82, 2.24) is 0 Å². The number of aliphatic hydroxyl groups excluding tert-OH is 1. The van der Waals surface area contributed by atoms with Crippen molar-refractivity contribution >= 4 is 17.4 Å². The van der Waals surface area contributed by atoms with E-state index in [4.69, 9.17) is 5.11 Å². The number of nitro groups is 1. The Hall–Kier alpha value is -1.07. The summed E-state index contributed by atoms with van der Waals surface area (Å²) in [6.07, 6.45) is 0.649. The first-order valence-electron chi connectivity index (χ1n) is 4.64. The molecular formula is C10H13NO3S. The number of para-hydroxylation sites is 1. The molecule has 0 aliphatic carbocycles. The Morgan fingerprint density at radius 2 is 2.27 bits per heavy atom. The average molecular weight is 227 g/mol. The van der Waals surface area contributed by atoms with E-state index in [9.17, 15) is 10.1 Å². The normalized spacial score (nSPS) is 10.3. The molecule has 0 unspecified atom stereocenters. The Balaban J connectivity index is 2.86. The van der Waals surface area contributed by atoms with Crippen LogP contribution in [0.15, 0.2) is 23.1 Å². The van der Waals surface area contributed by atoms with E-state index < -0.39 is 0 Å². The van der Waals surface area contributed by atoms with Crippen LogP contribution < -0.4 is 0 Å². The monoisotopic (exact) mass is 227 g/mol. The van der Waals surface area contributed by atoms with Gasteiger partial charge in [-0.1, -0.05) is 12.1 Å². The molecule has 1 aromatic rings. The van der Waals surface area contributed by atoms with Crippen molar-refractivity contribution in [3.05, 3.63) is 33.9 Å². The quantitative estimate of drug-likeness (QED) is 0.363. The molecule has 0 fully saturated rings. The average Bonchev–Trinajstić information content (AvgIpc) is 2.17. The van der Waals surface area contributed by atoms with Gasteiger partial charge in [0.1, 0.15) is 0 Å². The highest BCUT2D eigenvalue weighted by molar-refractivity contribution is 7.99. The predicted octanol–water partition coefficient (Wildman–Crippen LogP) is 2.38. The molecule has 0 radical (unpaired) electrons. The number of thioether (sulfide) groups is 1. The predicted molar refractivity (Wildman–Crippen MR) is 60.3 cm³/mol. The lowest BCUT2D eigenvalue weighted by Crippen LogP contribution is -1.95. The molecule has 0 aliphatic rings.